The molecule has 76 valence electrons. The van der Waals surface area contributed by atoms with Crippen molar-refractivity contribution in [2.45, 2.75) is 6.92 Å². The molecule has 0 aliphatic rings. The van der Waals surface area contributed by atoms with Gasteiger partial charge in [-0.15, -0.1) is 0 Å². The lowest BCUT2D eigenvalue weighted by atomic mass is 10.3. The van der Waals surface area contributed by atoms with E-state index in [0.29, 0.717) is 11.4 Å². The van der Waals surface area contributed by atoms with Gasteiger partial charge in [-0.1, -0.05) is 0 Å². The Morgan fingerprint density at radius 2 is 2.00 bits per heavy atom. The Balaban J connectivity index is 2.73. The molecule has 0 spiro atoms. The zero-order valence-corrected chi connectivity index (χ0v) is 8.98. The highest BCUT2D eigenvalue weighted by Crippen LogP contribution is 2.15. The summed E-state index contributed by atoms with van der Waals surface area (Å²) in [6.07, 6.45) is 0. The number of hydrogen-bond donors (Lipinski definition) is 1. The summed E-state index contributed by atoms with van der Waals surface area (Å²) in [5.74, 6) is 0.262. The van der Waals surface area contributed by atoms with E-state index in [1.54, 1.807) is 24.3 Å². The molecule has 6 heteroatoms. The zero-order valence-electron chi connectivity index (χ0n) is 7.35. The van der Waals surface area contributed by atoms with Gasteiger partial charge in [0.1, 0.15) is 5.75 Å². The van der Waals surface area contributed by atoms with Gasteiger partial charge >= 0.3 is 0 Å². The average molecular weight is 230 g/mol. The second-order valence-corrected chi connectivity index (χ2v) is 3.88. The molecule has 14 heavy (non-hydrogen) atoms. The van der Waals surface area contributed by atoms with Crippen LogP contribution in [0.3, 0.4) is 0 Å². The topological polar surface area (TPSA) is 55.4 Å². The van der Waals surface area contributed by atoms with Gasteiger partial charge in [-0.05, 0) is 33.9 Å². The Bertz CT molecular complexity index is 390. The van der Waals surface area contributed by atoms with Crippen molar-refractivity contribution in [2.24, 2.45) is 0 Å². The van der Waals surface area contributed by atoms with Gasteiger partial charge in [-0.2, -0.15) is 11.2 Å². The highest BCUT2D eigenvalue weighted by atomic mass is 32.8. The molecule has 1 N–H and O–H groups in total. The maximum Gasteiger partial charge on any atom is 0.221 e. The van der Waals surface area contributed by atoms with Crippen LogP contribution < -0.4 is 9.50 Å². The first-order chi connectivity index (χ1) is 6.58. The Kier molecular flexibility index (Phi) is 3.84. The molecular formula is C8H8NO3S2-. The van der Waals surface area contributed by atoms with Gasteiger partial charge in [0.05, 0.1) is 0 Å². The largest absolute Gasteiger partial charge is 0.551 e. The van der Waals surface area contributed by atoms with Crippen molar-refractivity contribution in [3.63, 3.8) is 0 Å². The third-order valence-electron chi connectivity index (χ3n) is 1.34. The SMILES string of the molecule is CC(=O)Nc1ccc(O[S-](=O)=S)cc1. The van der Waals surface area contributed by atoms with Crippen LogP contribution in [0.5, 0.6) is 5.75 Å². The van der Waals surface area contributed by atoms with Gasteiger partial charge in [0, 0.05) is 12.6 Å². The molecule has 0 radical (unpaired) electrons. The van der Waals surface area contributed by atoms with Gasteiger partial charge in [-0.25, -0.2) is 0 Å². The van der Waals surface area contributed by atoms with E-state index in [-0.39, 0.29) is 5.91 Å². The fraction of sp³-hybridized carbons (Fsp3) is 0.125. The van der Waals surface area contributed by atoms with E-state index >= 15 is 0 Å². The summed E-state index contributed by atoms with van der Waals surface area (Å²) in [7, 11) is -1.74. The third-order valence-corrected chi connectivity index (χ3v) is 1.87. The summed E-state index contributed by atoms with van der Waals surface area (Å²) in [5.41, 5.74) is 0.653. The molecule has 0 atom stereocenters. The molecule has 0 aromatic heterocycles. The molecule has 0 saturated carbocycles. The van der Waals surface area contributed by atoms with Crippen LogP contribution in [0.1, 0.15) is 6.92 Å². The summed E-state index contributed by atoms with van der Waals surface area (Å²) in [6.45, 7) is 1.42. The van der Waals surface area contributed by atoms with E-state index in [1.165, 1.54) is 6.92 Å². The van der Waals surface area contributed by atoms with Crippen molar-refractivity contribution in [3.8, 4) is 5.75 Å². The molecule has 1 aromatic carbocycles. The summed E-state index contributed by atoms with van der Waals surface area (Å²) in [4.78, 5) is 10.7. The van der Waals surface area contributed by atoms with Crippen LogP contribution in [0.15, 0.2) is 24.3 Å². The Hall–Kier alpha value is -1.14. The number of anilines is 1. The van der Waals surface area contributed by atoms with Gasteiger partial charge in [0.25, 0.3) is 0 Å². The van der Waals surface area contributed by atoms with Crippen LogP contribution in [-0.2, 0) is 29.8 Å². The minimum absolute atomic E-state index is 0.148. The third kappa shape index (κ3) is 3.71. The normalized spacial score (nSPS) is 9.86. The van der Waals surface area contributed by atoms with Gasteiger partial charge in [0.15, 0.2) is 0 Å². The standard InChI is InChI=1S/C8H8NO3S2/c1-6(10)9-7-2-4-8(5-3-7)12-14(11)13/h2-5H,1H3,(H,9,10)/q-1. The van der Waals surface area contributed by atoms with Crippen LogP contribution in [-0.4, -0.2) is 5.91 Å². The highest BCUT2D eigenvalue weighted by Gasteiger charge is 1.94. The Morgan fingerprint density at radius 3 is 2.43 bits per heavy atom. The molecule has 1 amide bonds. The van der Waals surface area contributed by atoms with Crippen molar-refractivity contribution in [1.82, 2.24) is 0 Å². The molecule has 0 bridgehead atoms. The second-order valence-electron chi connectivity index (χ2n) is 2.49. The van der Waals surface area contributed by atoms with Crippen molar-refractivity contribution < 1.29 is 13.2 Å². The first kappa shape index (κ1) is 10.9. The lowest BCUT2D eigenvalue weighted by Gasteiger charge is -2.07. The molecule has 1 rings (SSSR count). The molecule has 0 unspecified atom stereocenters. The summed E-state index contributed by atoms with van der Waals surface area (Å²) >= 11 is 4.34. The lowest BCUT2D eigenvalue weighted by molar-refractivity contribution is -0.114. The summed E-state index contributed by atoms with van der Waals surface area (Å²) in [6, 6.07) is 6.43. The molecular weight excluding hydrogens is 222 g/mol. The van der Waals surface area contributed by atoms with Crippen LogP contribution in [0.2, 0.25) is 0 Å². The van der Waals surface area contributed by atoms with Crippen molar-refractivity contribution in [1.29, 1.82) is 0 Å². The predicted octanol–water partition coefficient (Wildman–Crippen LogP) is 1.36. The Labute approximate surface area is 88.2 Å². The van der Waals surface area contributed by atoms with Crippen LogP contribution in [0.4, 0.5) is 5.69 Å². The first-order valence-electron chi connectivity index (χ1n) is 3.73. The number of amides is 1. The smallest absolute Gasteiger partial charge is 0.221 e. The number of nitrogens with one attached hydrogen (secondary N) is 1. The van der Waals surface area contributed by atoms with Crippen molar-refractivity contribution in [3.05, 3.63) is 24.3 Å². The Morgan fingerprint density at radius 1 is 1.43 bits per heavy atom. The number of hydrogen-bond acceptors (Lipinski definition) is 5. The number of benzene rings is 1. The second kappa shape index (κ2) is 4.92. The van der Waals surface area contributed by atoms with Crippen LogP contribution in [0, 0.1) is 0 Å². The summed E-state index contributed by atoms with van der Waals surface area (Å²) < 4.78 is 15.3. The van der Waals surface area contributed by atoms with Crippen LogP contribution in [0.25, 0.3) is 0 Å². The molecule has 0 aliphatic heterocycles. The van der Waals surface area contributed by atoms with E-state index < -0.39 is 9.64 Å². The minimum atomic E-state index is -1.74. The van der Waals surface area contributed by atoms with Gasteiger partial charge in [0.2, 0.25) is 5.91 Å². The highest BCUT2D eigenvalue weighted by molar-refractivity contribution is 8.19. The quantitative estimate of drug-likeness (QED) is 0.797. The maximum atomic E-state index is 10.7. The van der Waals surface area contributed by atoms with Gasteiger partial charge in [-0.3, -0.25) is 4.79 Å². The van der Waals surface area contributed by atoms with E-state index in [2.05, 4.69) is 16.5 Å². The minimum Gasteiger partial charge on any atom is -0.551 e. The maximum absolute atomic E-state index is 10.7. The van der Waals surface area contributed by atoms with Crippen LogP contribution >= 0.6 is 0 Å². The first-order valence-corrected chi connectivity index (χ1v) is 5.73. The van der Waals surface area contributed by atoms with Crippen molar-refractivity contribution >= 4 is 32.4 Å². The fourth-order valence-corrected chi connectivity index (χ4v) is 1.38. The number of carbonyl (C=O) groups is 1. The zero-order chi connectivity index (χ0) is 10.6. The monoisotopic (exact) mass is 230 g/mol. The molecule has 1 aromatic rings. The fourth-order valence-electron chi connectivity index (χ4n) is 0.876. The van der Waals surface area contributed by atoms with E-state index in [9.17, 15) is 9.00 Å². The molecule has 0 fully saturated rings. The molecule has 0 heterocycles. The molecule has 0 aliphatic carbocycles. The van der Waals surface area contributed by atoms with Crippen molar-refractivity contribution in [2.75, 3.05) is 5.32 Å². The van der Waals surface area contributed by atoms with E-state index in [4.69, 9.17) is 4.18 Å². The number of rotatable bonds is 3. The molecule has 4 nitrogen and oxygen atoms in total. The lowest BCUT2D eigenvalue weighted by Crippen LogP contribution is -2.05. The number of carbonyl (C=O) groups excluding carboxylic acids is 1. The van der Waals surface area contributed by atoms with E-state index in [1.807, 2.05) is 0 Å². The predicted molar refractivity (Wildman–Crippen MR) is 56.8 cm³/mol. The average Bonchev–Trinajstić information content (AvgIpc) is 2.06. The summed E-state index contributed by atoms with van der Waals surface area (Å²) in [5, 5.41) is 2.59. The van der Waals surface area contributed by atoms with E-state index in [0.717, 1.165) is 0 Å². The van der Waals surface area contributed by atoms with Gasteiger partial charge < -0.3 is 13.7 Å². The molecule has 0 saturated heterocycles.